The lowest BCUT2D eigenvalue weighted by Crippen LogP contribution is -2.53. The van der Waals surface area contributed by atoms with Crippen LogP contribution in [0.15, 0.2) is 109 Å². The average molecular weight is 648 g/mol. The highest BCUT2D eigenvalue weighted by Crippen LogP contribution is 2.21. The van der Waals surface area contributed by atoms with Gasteiger partial charge in [0, 0.05) is 44.7 Å². The standard InChI is InChI=1S/C38H41N5O5/c1-43-30(24-27-12-4-2-5-13-27)26-48-34-18-9-8-17-31(34)36(45)42-32(37(46)40-23-21-29-16-10-11-22-39-29)19-20-35(44)41-33(38(43)47)25-28-14-6-3-7-15-28/h2-18,22,30,32-33H,19-21,23-26H2,1H3,(H,40,46)(H,41,44)(H,42,45)/t30-,32+,33+/m1/s1. The van der Waals surface area contributed by atoms with Gasteiger partial charge in [-0.25, -0.2) is 0 Å². The maximum absolute atomic E-state index is 14.2. The molecular formula is C38H41N5O5. The number of pyridine rings is 1. The number of fused-ring (bicyclic) bond motifs is 1. The lowest BCUT2D eigenvalue weighted by atomic mass is 10.0. The number of ether oxygens (including phenoxy) is 1. The SMILES string of the molecule is CN1C(=O)[C@H](Cc2ccccc2)NC(=O)CC[C@@H](C(=O)NCCc2ccccn2)NC(=O)c2ccccc2OC[C@H]1Cc1ccccc1. The third kappa shape index (κ3) is 9.51. The highest BCUT2D eigenvalue weighted by molar-refractivity contribution is 5.99. The first-order chi connectivity index (χ1) is 23.4. The van der Waals surface area contributed by atoms with Crippen molar-refractivity contribution in [2.24, 2.45) is 0 Å². The zero-order valence-corrected chi connectivity index (χ0v) is 27.0. The third-order valence-corrected chi connectivity index (χ3v) is 8.38. The van der Waals surface area contributed by atoms with Crippen LogP contribution in [0.2, 0.25) is 0 Å². The Morgan fingerprint density at radius 2 is 1.52 bits per heavy atom. The molecule has 3 N–H and O–H groups in total. The van der Waals surface area contributed by atoms with Gasteiger partial charge in [0.25, 0.3) is 5.91 Å². The fourth-order valence-electron chi connectivity index (χ4n) is 5.67. The molecule has 1 aromatic heterocycles. The smallest absolute Gasteiger partial charge is 0.255 e. The van der Waals surface area contributed by atoms with Crippen LogP contribution < -0.4 is 20.7 Å². The number of benzene rings is 3. The van der Waals surface area contributed by atoms with Gasteiger partial charge in [0.2, 0.25) is 17.7 Å². The van der Waals surface area contributed by atoms with Crippen molar-refractivity contribution in [1.29, 1.82) is 0 Å². The first kappa shape index (κ1) is 33.8. The quantitative estimate of drug-likeness (QED) is 0.269. The third-order valence-electron chi connectivity index (χ3n) is 8.38. The highest BCUT2D eigenvalue weighted by Gasteiger charge is 2.31. The summed E-state index contributed by atoms with van der Waals surface area (Å²) in [5, 5.41) is 8.63. The van der Waals surface area contributed by atoms with Crippen molar-refractivity contribution in [3.05, 3.63) is 132 Å². The van der Waals surface area contributed by atoms with Gasteiger partial charge in [-0.15, -0.1) is 0 Å². The van der Waals surface area contributed by atoms with Gasteiger partial charge in [-0.05, 0) is 48.2 Å². The molecule has 0 fully saturated rings. The summed E-state index contributed by atoms with van der Waals surface area (Å²) in [5.41, 5.74) is 2.97. The van der Waals surface area contributed by atoms with E-state index in [-0.39, 0.29) is 37.3 Å². The maximum Gasteiger partial charge on any atom is 0.255 e. The molecule has 0 unspecified atom stereocenters. The fraction of sp³-hybridized carbons (Fsp3) is 0.289. The van der Waals surface area contributed by atoms with E-state index in [1.54, 1.807) is 42.4 Å². The molecule has 3 aromatic carbocycles. The van der Waals surface area contributed by atoms with Crippen LogP contribution in [0, 0.1) is 0 Å². The van der Waals surface area contributed by atoms with Crippen LogP contribution >= 0.6 is 0 Å². The van der Waals surface area contributed by atoms with E-state index in [1.807, 2.05) is 78.9 Å². The minimum atomic E-state index is -1.01. The number of rotatable bonds is 8. The monoisotopic (exact) mass is 647 g/mol. The second-order valence-corrected chi connectivity index (χ2v) is 11.8. The molecule has 0 saturated carbocycles. The number of aromatic nitrogens is 1. The van der Waals surface area contributed by atoms with E-state index in [4.69, 9.17) is 4.74 Å². The zero-order chi connectivity index (χ0) is 33.7. The molecule has 48 heavy (non-hydrogen) atoms. The molecule has 3 atom stereocenters. The molecule has 2 heterocycles. The van der Waals surface area contributed by atoms with Crippen molar-refractivity contribution in [1.82, 2.24) is 25.8 Å². The molecule has 0 bridgehead atoms. The van der Waals surface area contributed by atoms with Crippen molar-refractivity contribution >= 4 is 23.6 Å². The van der Waals surface area contributed by atoms with Crippen LogP contribution in [0.4, 0.5) is 0 Å². The molecule has 4 aromatic rings. The normalized spacial score (nSPS) is 19.1. The predicted molar refractivity (Wildman–Crippen MR) is 182 cm³/mol. The highest BCUT2D eigenvalue weighted by atomic mass is 16.5. The fourth-order valence-corrected chi connectivity index (χ4v) is 5.67. The number of para-hydroxylation sites is 1. The number of amides is 4. The van der Waals surface area contributed by atoms with Crippen molar-refractivity contribution in [2.45, 2.75) is 50.2 Å². The zero-order valence-electron chi connectivity index (χ0n) is 27.0. The summed E-state index contributed by atoms with van der Waals surface area (Å²) in [5.74, 6) is -1.26. The van der Waals surface area contributed by atoms with E-state index in [9.17, 15) is 19.2 Å². The first-order valence-corrected chi connectivity index (χ1v) is 16.2. The van der Waals surface area contributed by atoms with Crippen LogP contribution in [0.1, 0.15) is 40.0 Å². The molecule has 4 amide bonds. The Labute approximate surface area is 280 Å². The molecule has 10 nitrogen and oxygen atoms in total. The summed E-state index contributed by atoms with van der Waals surface area (Å²) in [6, 6.07) is 29.4. The Kier molecular flexibility index (Phi) is 11.9. The van der Waals surface area contributed by atoms with E-state index in [0.29, 0.717) is 25.1 Å². The van der Waals surface area contributed by atoms with Gasteiger partial charge in [-0.2, -0.15) is 0 Å². The Bertz CT molecular complexity index is 1670. The van der Waals surface area contributed by atoms with Gasteiger partial charge >= 0.3 is 0 Å². The molecule has 248 valence electrons. The Hall–Kier alpha value is -5.51. The van der Waals surface area contributed by atoms with Gasteiger partial charge in [-0.1, -0.05) is 78.9 Å². The van der Waals surface area contributed by atoms with E-state index >= 15 is 0 Å². The second kappa shape index (κ2) is 16.9. The summed E-state index contributed by atoms with van der Waals surface area (Å²) < 4.78 is 6.27. The Balaban J connectivity index is 1.42. The van der Waals surface area contributed by atoms with Crippen molar-refractivity contribution in [2.75, 3.05) is 20.2 Å². The summed E-state index contributed by atoms with van der Waals surface area (Å²) >= 11 is 0. The van der Waals surface area contributed by atoms with Crippen LogP contribution in [0.25, 0.3) is 0 Å². The molecule has 10 heteroatoms. The molecule has 5 rings (SSSR count). The minimum absolute atomic E-state index is 0.0226. The summed E-state index contributed by atoms with van der Waals surface area (Å²) in [7, 11) is 1.71. The topological polar surface area (TPSA) is 130 Å². The van der Waals surface area contributed by atoms with E-state index in [1.165, 1.54) is 0 Å². The molecule has 1 aliphatic heterocycles. The summed E-state index contributed by atoms with van der Waals surface area (Å²) in [6.45, 7) is 0.391. The van der Waals surface area contributed by atoms with Crippen molar-refractivity contribution in [3.63, 3.8) is 0 Å². The lowest BCUT2D eigenvalue weighted by Gasteiger charge is -2.32. The molecule has 0 saturated heterocycles. The maximum atomic E-state index is 14.2. The number of carbonyl (C=O) groups excluding carboxylic acids is 4. The average Bonchev–Trinajstić information content (AvgIpc) is 3.12. The molecule has 0 spiro atoms. The summed E-state index contributed by atoms with van der Waals surface area (Å²) in [6.07, 6.45) is 2.90. The minimum Gasteiger partial charge on any atom is -0.491 e. The van der Waals surface area contributed by atoms with Crippen LogP contribution in [-0.4, -0.2) is 71.8 Å². The van der Waals surface area contributed by atoms with Crippen LogP contribution in [0.5, 0.6) is 5.75 Å². The Morgan fingerprint density at radius 1 is 0.854 bits per heavy atom. The largest absolute Gasteiger partial charge is 0.491 e. The van der Waals surface area contributed by atoms with Crippen LogP contribution in [-0.2, 0) is 33.6 Å². The van der Waals surface area contributed by atoms with E-state index in [0.717, 1.165) is 16.8 Å². The predicted octanol–water partition coefficient (Wildman–Crippen LogP) is 3.51. The van der Waals surface area contributed by atoms with Crippen molar-refractivity contribution < 1.29 is 23.9 Å². The van der Waals surface area contributed by atoms with Gasteiger partial charge in [0.1, 0.15) is 24.4 Å². The Morgan fingerprint density at radius 3 is 2.23 bits per heavy atom. The number of nitrogens with one attached hydrogen (secondary N) is 3. The molecular weight excluding hydrogens is 606 g/mol. The van der Waals surface area contributed by atoms with Crippen LogP contribution in [0.3, 0.4) is 0 Å². The lowest BCUT2D eigenvalue weighted by molar-refractivity contribution is -0.137. The molecule has 1 aliphatic rings. The van der Waals surface area contributed by atoms with E-state index in [2.05, 4.69) is 20.9 Å². The van der Waals surface area contributed by atoms with Crippen molar-refractivity contribution in [3.8, 4) is 5.75 Å². The number of hydrogen-bond acceptors (Lipinski definition) is 6. The van der Waals surface area contributed by atoms with Gasteiger partial charge in [0.05, 0.1) is 11.6 Å². The van der Waals surface area contributed by atoms with Gasteiger partial charge < -0.3 is 25.6 Å². The number of carbonyl (C=O) groups is 4. The first-order valence-electron chi connectivity index (χ1n) is 16.2. The second-order valence-electron chi connectivity index (χ2n) is 11.8. The van der Waals surface area contributed by atoms with Gasteiger partial charge in [0.15, 0.2) is 0 Å². The molecule has 0 radical (unpaired) electrons. The van der Waals surface area contributed by atoms with Gasteiger partial charge in [-0.3, -0.25) is 24.2 Å². The number of hydrogen-bond donors (Lipinski definition) is 3. The number of nitrogens with zero attached hydrogens (tertiary/aromatic N) is 2. The number of likely N-dealkylation sites (N-methyl/N-ethyl adjacent to an activating group) is 1. The van der Waals surface area contributed by atoms with E-state index < -0.39 is 35.8 Å². The summed E-state index contributed by atoms with van der Waals surface area (Å²) in [4.78, 5) is 60.5. The molecule has 0 aliphatic carbocycles.